The highest BCUT2D eigenvalue weighted by Gasteiger charge is 2.32. The molecule has 1 aliphatic heterocycles. The molecule has 1 aliphatic rings. The van der Waals surface area contributed by atoms with Crippen molar-refractivity contribution in [2.24, 2.45) is 5.92 Å². The highest BCUT2D eigenvalue weighted by atomic mass is 19.1. The number of nitrogens with zero attached hydrogens (tertiary/aromatic N) is 8. The first-order valence-corrected chi connectivity index (χ1v) is 9.72. The lowest BCUT2D eigenvalue weighted by Gasteiger charge is -2.35. The number of benzene rings is 1. The van der Waals surface area contributed by atoms with Gasteiger partial charge in [0.25, 0.3) is 0 Å². The molecular formula is C19H23FN8O. The smallest absolute Gasteiger partial charge is 0.247 e. The van der Waals surface area contributed by atoms with Crippen LogP contribution in [0.25, 0.3) is 0 Å². The summed E-state index contributed by atoms with van der Waals surface area (Å²) >= 11 is 0. The molecule has 3 aromatic rings. The fourth-order valence-corrected chi connectivity index (χ4v) is 3.87. The van der Waals surface area contributed by atoms with Gasteiger partial charge in [0.15, 0.2) is 0 Å². The number of hydrogen-bond acceptors (Lipinski definition) is 6. The Hall–Kier alpha value is -3.17. The normalized spacial score (nSPS) is 18.0. The van der Waals surface area contributed by atoms with Crippen molar-refractivity contribution in [3.8, 4) is 0 Å². The fraction of sp³-hybridized carbons (Fsp3) is 0.474. The topological polar surface area (TPSA) is 94.6 Å². The molecule has 0 N–H and O–H groups in total. The van der Waals surface area contributed by atoms with Crippen molar-refractivity contribution in [3.05, 3.63) is 53.9 Å². The van der Waals surface area contributed by atoms with Crippen LogP contribution >= 0.6 is 0 Å². The Labute approximate surface area is 167 Å². The number of amides is 1. The number of piperidine rings is 1. The van der Waals surface area contributed by atoms with E-state index in [2.05, 4.69) is 25.8 Å². The number of rotatable bonds is 6. The van der Waals surface area contributed by atoms with Gasteiger partial charge in [0.1, 0.15) is 17.7 Å². The zero-order chi connectivity index (χ0) is 20.2. The largest absolute Gasteiger partial charge is 0.340 e. The Kier molecular flexibility index (Phi) is 5.59. The van der Waals surface area contributed by atoms with Crippen LogP contribution in [0.5, 0.6) is 0 Å². The van der Waals surface area contributed by atoms with Crippen LogP contribution in [0.1, 0.15) is 30.3 Å². The molecule has 2 unspecified atom stereocenters. The molecule has 3 heterocycles. The van der Waals surface area contributed by atoms with Gasteiger partial charge in [-0.3, -0.25) is 9.48 Å². The standard InChI is InChI=1S/C19H23FN8O/c1-14-22-23-25-28(14)18(11-15-4-6-17(20)7-5-15)19(29)26-9-2-3-16(12-26)13-27-10-8-21-24-27/h4-8,10,16,18H,2-3,9,11-13H2,1H3. The molecule has 10 heteroatoms. The van der Waals surface area contributed by atoms with E-state index >= 15 is 0 Å². The maximum Gasteiger partial charge on any atom is 0.247 e. The van der Waals surface area contributed by atoms with Gasteiger partial charge in [-0.15, -0.1) is 10.2 Å². The number of hydrogen-bond donors (Lipinski definition) is 0. The third-order valence-electron chi connectivity index (χ3n) is 5.33. The van der Waals surface area contributed by atoms with Gasteiger partial charge in [-0.2, -0.15) is 0 Å². The second-order valence-corrected chi connectivity index (χ2v) is 7.43. The lowest BCUT2D eigenvalue weighted by molar-refractivity contribution is -0.137. The molecule has 2 atom stereocenters. The van der Waals surface area contributed by atoms with E-state index in [9.17, 15) is 9.18 Å². The predicted octanol–water partition coefficient (Wildman–Crippen LogP) is 1.43. The van der Waals surface area contributed by atoms with Crippen molar-refractivity contribution in [1.29, 1.82) is 0 Å². The van der Waals surface area contributed by atoms with E-state index < -0.39 is 6.04 Å². The minimum Gasteiger partial charge on any atom is -0.340 e. The van der Waals surface area contributed by atoms with Crippen molar-refractivity contribution < 1.29 is 9.18 Å². The number of tetrazole rings is 1. The molecule has 29 heavy (non-hydrogen) atoms. The van der Waals surface area contributed by atoms with Crippen molar-refractivity contribution in [2.75, 3.05) is 13.1 Å². The zero-order valence-corrected chi connectivity index (χ0v) is 16.2. The van der Waals surface area contributed by atoms with Gasteiger partial charge in [-0.05, 0) is 53.8 Å². The summed E-state index contributed by atoms with van der Waals surface area (Å²) in [7, 11) is 0. The molecule has 1 fully saturated rings. The molecule has 1 aromatic carbocycles. The minimum absolute atomic E-state index is 0.0204. The monoisotopic (exact) mass is 398 g/mol. The maximum atomic E-state index is 13.5. The van der Waals surface area contributed by atoms with Crippen LogP contribution in [0.4, 0.5) is 4.39 Å². The zero-order valence-electron chi connectivity index (χ0n) is 16.2. The molecule has 0 bridgehead atoms. The molecular weight excluding hydrogens is 375 g/mol. The third-order valence-corrected chi connectivity index (χ3v) is 5.33. The summed E-state index contributed by atoms with van der Waals surface area (Å²) in [4.78, 5) is 15.4. The summed E-state index contributed by atoms with van der Waals surface area (Å²) in [6, 6.07) is 5.62. The van der Waals surface area contributed by atoms with E-state index in [0.29, 0.717) is 31.3 Å². The highest BCUT2D eigenvalue weighted by Crippen LogP contribution is 2.23. The molecule has 4 rings (SSSR count). The van der Waals surface area contributed by atoms with Gasteiger partial charge in [0, 0.05) is 32.3 Å². The Bertz CT molecular complexity index is 940. The first-order valence-electron chi connectivity index (χ1n) is 9.72. The number of carbonyl (C=O) groups excluding carboxylic acids is 1. The van der Waals surface area contributed by atoms with E-state index in [-0.39, 0.29) is 11.7 Å². The number of likely N-dealkylation sites (tertiary alicyclic amines) is 1. The van der Waals surface area contributed by atoms with E-state index in [1.807, 2.05) is 11.1 Å². The van der Waals surface area contributed by atoms with Crippen LogP contribution in [0.15, 0.2) is 36.7 Å². The van der Waals surface area contributed by atoms with Crippen LogP contribution < -0.4 is 0 Å². The first-order chi connectivity index (χ1) is 14.1. The van der Waals surface area contributed by atoms with Gasteiger partial charge < -0.3 is 4.90 Å². The van der Waals surface area contributed by atoms with Gasteiger partial charge in [-0.1, -0.05) is 17.3 Å². The van der Waals surface area contributed by atoms with Gasteiger partial charge in [-0.25, -0.2) is 9.07 Å². The minimum atomic E-state index is -0.569. The number of halogens is 1. The fourth-order valence-electron chi connectivity index (χ4n) is 3.87. The highest BCUT2D eigenvalue weighted by molar-refractivity contribution is 5.81. The summed E-state index contributed by atoms with van der Waals surface area (Å²) < 4.78 is 16.7. The van der Waals surface area contributed by atoms with E-state index in [1.54, 1.807) is 34.6 Å². The quantitative estimate of drug-likeness (QED) is 0.624. The SMILES string of the molecule is Cc1nnnn1C(Cc1ccc(F)cc1)C(=O)N1CCCC(Cn2ccnn2)C1. The van der Waals surface area contributed by atoms with Gasteiger partial charge in [0.2, 0.25) is 5.91 Å². The summed E-state index contributed by atoms with van der Waals surface area (Å²) in [5, 5.41) is 19.6. The van der Waals surface area contributed by atoms with Crippen LogP contribution in [0.3, 0.4) is 0 Å². The number of aromatic nitrogens is 7. The summed E-state index contributed by atoms with van der Waals surface area (Å²) in [6.07, 6.45) is 5.86. The molecule has 152 valence electrons. The summed E-state index contributed by atoms with van der Waals surface area (Å²) in [5.41, 5.74) is 0.857. The van der Waals surface area contributed by atoms with Crippen LogP contribution in [0.2, 0.25) is 0 Å². The van der Waals surface area contributed by atoms with Crippen molar-refractivity contribution in [3.63, 3.8) is 0 Å². The van der Waals surface area contributed by atoms with E-state index in [1.165, 1.54) is 12.1 Å². The molecule has 0 saturated carbocycles. The molecule has 0 spiro atoms. The second-order valence-electron chi connectivity index (χ2n) is 7.43. The number of aryl methyl sites for hydroxylation is 1. The molecule has 0 aliphatic carbocycles. The third kappa shape index (κ3) is 4.47. The maximum absolute atomic E-state index is 13.5. The Morgan fingerprint density at radius 2 is 2.10 bits per heavy atom. The summed E-state index contributed by atoms with van der Waals surface area (Å²) in [5.74, 6) is 0.563. The Morgan fingerprint density at radius 3 is 2.79 bits per heavy atom. The number of carbonyl (C=O) groups is 1. The van der Waals surface area contributed by atoms with Gasteiger partial charge in [0.05, 0.1) is 6.20 Å². The molecule has 9 nitrogen and oxygen atoms in total. The van der Waals surface area contributed by atoms with Crippen molar-refractivity contribution in [2.45, 2.75) is 38.8 Å². The Morgan fingerprint density at radius 1 is 1.28 bits per heavy atom. The van der Waals surface area contributed by atoms with E-state index in [4.69, 9.17) is 0 Å². The van der Waals surface area contributed by atoms with E-state index in [0.717, 1.165) is 24.9 Å². The van der Waals surface area contributed by atoms with Crippen LogP contribution in [0, 0.1) is 18.7 Å². The van der Waals surface area contributed by atoms with Gasteiger partial charge >= 0.3 is 0 Å². The van der Waals surface area contributed by atoms with Crippen molar-refractivity contribution in [1.82, 2.24) is 40.1 Å². The molecule has 1 amide bonds. The predicted molar refractivity (Wildman–Crippen MR) is 101 cm³/mol. The molecule has 0 radical (unpaired) electrons. The average molecular weight is 398 g/mol. The van der Waals surface area contributed by atoms with Crippen LogP contribution in [-0.4, -0.2) is 59.1 Å². The second kappa shape index (κ2) is 8.46. The van der Waals surface area contributed by atoms with Crippen LogP contribution in [-0.2, 0) is 17.8 Å². The summed E-state index contributed by atoms with van der Waals surface area (Å²) in [6.45, 7) is 3.86. The molecule has 1 saturated heterocycles. The lowest BCUT2D eigenvalue weighted by Crippen LogP contribution is -2.45. The van der Waals surface area contributed by atoms with Crippen molar-refractivity contribution >= 4 is 5.91 Å². The molecule has 2 aromatic heterocycles. The lowest BCUT2D eigenvalue weighted by atomic mass is 9.96. The average Bonchev–Trinajstić information content (AvgIpc) is 3.39. The Balaban J connectivity index is 1.52. The first kappa shape index (κ1) is 19.2.